The van der Waals surface area contributed by atoms with Gasteiger partial charge in [-0.15, -0.1) is 0 Å². The van der Waals surface area contributed by atoms with Crippen LogP contribution in [0.4, 0.5) is 30.2 Å². The molecule has 236 valence electrons. The molecule has 0 saturated heterocycles. The molecule has 6 nitrogen and oxygen atoms in total. The van der Waals surface area contributed by atoms with Crippen molar-refractivity contribution in [2.75, 3.05) is 23.3 Å². The minimum Gasteiger partial charge on any atom is -0.385 e. The van der Waals surface area contributed by atoms with Crippen molar-refractivity contribution in [2.45, 2.75) is 24.9 Å². The molecule has 2 N–H and O–H groups in total. The van der Waals surface area contributed by atoms with Crippen LogP contribution in [0.3, 0.4) is 0 Å². The van der Waals surface area contributed by atoms with Gasteiger partial charge in [-0.1, -0.05) is 73.3 Å². The zero-order valence-electron chi connectivity index (χ0n) is 25.2. The molecular weight excluding hydrogens is 611 g/mol. The van der Waals surface area contributed by atoms with Crippen LogP contribution >= 0.6 is 0 Å². The maximum atomic E-state index is 12.6. The van der Waals surface area contributed by atoms with Crippen molar-refractivity contribution >= 4 is 55.9 Å². The Morgan fingerprint density at radius 3 is 1.93 bits per heavy atom. The minimum absolute atomic E-state index is 0.458. The maximum Gasteiger partial charge on any atom is 0.472 e. The molecule has 0 unspecified atom stereocenters. The number of hydrogen-bond donors (Lipinski definition) is 2. The second kappa shape index (κ2) is 13.1. The van der Waals surface area contributed by atoms with E-state index in [1.165, 1.54) is 24.3 Å². The van der Waals surface area contributed by atoms with E-state index >= 15 is 0 Å². The highest BCUT2D eigenvalue weighted by Crippen LogP contribution is 2.34. The van der Waals surface area contributed by atoms with Crippen LogP contribution < -0.4 is 25.4 Å². The number of sulfonamides is 1. The number of nitrogens with zero attached hydrogens (tertiary/aromatic N) is 1. The van der Waals surface area contributed by atoms with Crippen molar-refractivity contribution in [1.29, 1.82) is 0 Å². The lowest BCUT2D eigenvalue weighted by molar-refractivity contribution is -0.171. The number of anilines is 3. The Bertz CT molecular complexity index is 2090. The van der Waals surface area contributed by atoms with E-state index in [9.17, 15) is 26.4 Å². The molecule has 10 heteroatoms. The zero-order chi connectivity index (χ0) is 33.1. The van der Waals surface area contributed by atoms with Crippen LogP contribution in [0.5, 0.6) is 0 Å². The zero-order valence-corrected chi connectivity index (χ0v) is 26.0. The fourth-order valence-corrected chi connectivity index (χ4v) is 6.35. The van der Waals surface area contributed by atoms with E-state index in [2.05, 4.69) is 55.2 Å². The van der Waals surface area contributed by atoms with E-state index in [4.69, 9.17) is 0 Å². The second-order valence-corrected chi connectivity index (χ2v) is 12.2. The molecule has 1 amide bonds. The largest absolute Gasteiger partial charge is 0.472 e. The van der Waals surface area contributed by atoms with Crippen LogP contribution in [0.25, 0.3) is 22.9 Å². The molecule has 0 aliphatic carbocycles. The Balaban J connectivity index is 1.53. The summed E-state index contributed by atoms with van der Waals surface area (Å²) < 4.78 is 63.6. The van der Waals surface area contributed by atoms with Gasteiger partial charge in [0.1, 0.15) is 0 Å². The quantitative estimate of drug-likeness (QED) is 0.193. The number of nitrogens with one attached hydrogen (secondary N) is 2. The number of halogens is 3. The summed E-state index contributed by atoms with van der Waals surface area (Å²) in [6.07, 6.45) is -5.32. The predicted octanol–water partition coefficient (Wildman–Crippen LogP) is 6.45. The molecular formula is C36H32F3N3O3S. The van der Waals surface area contributed by atoms with Gasteiger partial charge in [-0.2, -0.15) is 13.2 Å². The smallest absolute Gasteiger partial charge is 0.385 e. The number of hydrogen-bond acceptors (Lipinski definition) is 5. The van der Waals surface area contributed by atoms with Crippen molar-refractivity contribution in [1.82, 2.24) is 4.72 Å². The molecule has 46 heavy (non-hydrogen) atoms. The molecule has 5 rings (SSSR count). The van der Waals surface area contributed by atoms with Crippen molar-refractivity contribution in [3.05, 3.63) is 131 Å². The van der Waals surface area contributed by atoms with Gasteiger partial charge in [-0.3, -0.25) is 4.79 Å². The van der Waals surface area contributed by atoms with Crippen LogP contribution in [0.2, 0.25) is 0 Å². The number of amides is 1. The molecule has 5 aromatic carbocycles. The summed E-state index contributed by atoms with van der Waals surface area (Å²) >= 11 is 0. The summed E-state index contributed by atoms with van der Waals surface area (Å²) in [6.45, 7) is 9.35. The Morgan fingerprint density at radius 1 is 0.783 bits per heavy atom. The van der Waals surface area contributed by atoms with Gasteiger partial charge >= 0.3 is 12.1 Å². The monoisotopic (exact) mass is 643 g/mol. The van der Waals surface area contributed by atoms with E-state index in [1.54, 1.807) is 0 Å². The van der Waals surface area contributed by atoms with Crippen LogP contribution in [0, 0.1) is 0 Å². The Labute approximate surface area is 265 Å². The molecule has 0 radical (unpaired) electrons. The molecule has 0 aromatic heterocycles. The SMILES string of the molecule is C=c1ccc(=C(c2ccc(N(CC)c3ccc(S(=O)(=O)NC(=O)C(F)(F)F)cc3)cc2)c2ccc(NCC)c3ccccc23)cc1. The van der Waals surface area contributed by atoms with E-state index in [0.29, 0.717) is 12.2 Å². The molecule has 5 aromatic rings. The lowest BCUT2D eigenvalue weighted by Crippen LogP contribution is -2.40. The summed E-state index contributed by atoms with van der Waals surface area (Å²) in [4.78, 5) is 12.7. The van der Waals surface area contributed by atoms with Crippen LogP contribution in [-0.4, -0.2) is 33.6 Å². The number of rotatable bonds is 9. The molecule has 0 fully saturated rings. The van der Waals surface area contributed by atoms with E-state index in [0.717, 1.165) is 60.6 Å². The van der Waals surface area contributed by atoms with Crippen molar-refractivity contribution in [2.24, 2.45) is 0 Å². The van der Waals surface area contributed by atoms with Crippen LogP contribution in [0.15, 0.2) is 114 Å². The lowest BCUT2D eigenvalue weighted by Gasteiger charge is -2.24. The number of fused-ring (bicyclic) bond motifs is 1. The first-order valence-electron chi connectivity index (χ1n) is 14.6. The third-order valence-electron chi connectivity index (χ3n) is 7.53. The van der Waals surface area contributed by atoms with Crippen molar-refractivity contribution in [3.8, 4) is 0 Å². The summed E-state index contributed by atoms with van der Waals surface area (Å²) in [5, 5.41) is 7.61. The first kappa shape index (κ1) is 32.3. The van der Waals surface area contributed by atoms with Gasteiger partial charge in [0.15, 0.2) is 0 Å². The summed E-state index contributed by atoms with van der Waals surface area (Å²) in [7, 11) is -4.70. The topological polar surface area (TPSA) is 78.5 Å². The lowest BCUT2D eigenvalue weighted by atomic mass is 9.90. The van der Waals surface area contributed by atoms with Gasteiger partial charge in [0.05, 0.1) is 4.90 Å². The van der Waals surface area contributed by atoms with E-state index < -0.39 is 27.0 Å². The van der Waals surface area contributed by atoms with Gasteiger partial charge in [-0.05, 0) is 88.8 Å². The molecule has 0 saturated carbocycles. The highest BCUT2D eigenvalue weighted by atomic mass is 32.2. The first-order chi connectivity index (χ1) is 21.9. The van der Waals surface area contributed by atoms with Gasteiger partial charge in [0.2, 0.25) is 0 Å². The minimum atomic E-state index is -5.32. The highest BCUT2D eigenvalue weighted by Gasteiger charge is 2.41. The third kappa shape index (κ3) is 6.77. The molecule has 0 atom stereocenters. The Kier molecular flexibility index (Phi) is 9.20. The summed E-state index contributed by atoms with van der Waals surface area (Å²) in [5.74, 6) is -2.55. The fraction of sp³-hybridized carbons (Fsp3) is 0.139. The van der Waals surface area contributed by atoms with Gasteiger partial charge in [-0.25, -0.2) is 13.1 Å². The van der Waals surface area contributed by atoms with Gasteiger partial charge in [0, 0.05) is 35.5 Å². The number of carbonyl (C=O) groups is 1. The average molecular weight is 644 g/mol. The summed E-state index contributed by atoms with van der Waals surface area (Å²) in [6, 6.07) is 33.9. The molecule has 0 heterocycles. The molecule has 0 spiro atoms. The Hall–Kier alpha value is -5.09. The van der Waals surface area contributed by atoms with Crippen LogP contribution in [-0.2, 0) is 14.8 Å². The number of benzene rings is 5. The highest BCUT2D eigenvalue weighted by molar-refractivity contribution is 7.90. The third-order valence-corrected chi connectivity index (χ3v) is 8.88. The van der Waals surface area contributed by atoms with Crippen LogP contribution in [0.1, 0.15) is 25.0 Å². The normalized spacial score (nSPS) is 11.7. The van der Waals surface area contributed by atoms with Gasteiger partial charge < -0.3 is 10.2 Å². The molecule has 0 bridgehead atoms. The second-order valence-electron chi connectivity index (χ2n) is 10.5. The van der Waals surface area contributed by atoms with E-state index in [1.807, 2.05) is 60.4 Å². The van der Waals surface area contributed by atoms with Gasteiger partial charge in [0.25, 0.3) is 10.0 Å². The Morgan fingerprint density at radius 2 is 1.37 bits per heavy atom. The van der Waals surface area contributed by atoms with Crippen molar-refractivity contribution < 1.29 is 26.4 Å². The first-order valence-corrected chi connectivity index (χ1v) is 16.1. The molecule has 0 aliphatic rings. The molecule has 0 aliphatic heterocycles. The van der Waals surface area contributed by atoms with Crippen molar-refractivity contribution in [3.63, 3.8) is 0 Å². The predicted molar refractivity (Wildman–Crippen MR) is 178 cm³/mol. The number of alkyl halides is 3. The maximum absolute atomic E-state index is 12.6. The van der Waals surface area contributed by atoms with E-state index in [-0.39, 0.29) is 0 Å². The summed E-state index contributed by atoms with van der Waals surface area (Å²) in [5.41, 5.74) is 5.61. The fourth-order valence-electron chi connectivity index (χ4n) is 5.38. The average Bonchev–Trinajstić information content (AvgIpc) is 3.04. The standard InChI is InChI=1S/C36H32F3N3O3S/c1-4-40-33-23-22-32(30-8-6-7-9-31(30)33)34(25-12-10-24(3)11-13-25)26-14-16-27(17-15-26)42(5-2)28-18-20-29(21-19-28)46(44,45)41-35(43)36(37,38)39/h6-23,40H,3-5H2,1-2H3,(H,41,43). The number of carbonyl (C=O) groups excluding carboxylic acids is 1.